The molecule has 2 aromatic rings. The fourth-order valence-corrected chi connectivity index (χ4v) is 2.84. The van der Waals surface area contributed by atoms with Crippen LogP contribution in [0.25, 0.3) is 0 Å². The topological polar surface area (TPSA) is 21.3 Å². The third-order valence-electron chi connectivity index (χ3n) is 3.23. The van der Waals surface area contributed by atoms with Crippen molar-refractivity contribution in [3.8, 4) is 5.75 Å². The van der Waals surface area contributed by atoms with Crippen molar-refractivity contribution in [3.63, 3.8) is 0 Å². The zero-order chi connectivity index (χ0) is 15.2. The molecule has 0 saturated carbocycles. The Hall–Kier alpha value is -1.38. The van der Waals surface area contributed by atoms with Crippen LogP contribution in [-0.2, 0) is 13.0 Å². The number of anilines is 1. The minimum absolute atomic E-state index is 0.543. The molecule has 0 aliphatic heterocycles. The van der Waals surface area contributed by atoms with E-state index >= 15 is 0 Å². The molecular weight excluding hydrogens is 305 g/mol. The lowest BCUT2D eigenvalue weighted by Gasteiger charge is -2.13. The molecule has 0 bridgehead atoms. The summed E-state index contributed by atoms with van der Waals surface area (Å²) in [6.07, 6.45) is 0.994. The standard InChI is InChI=1S/C17H19Cl2NO/c1-3-13-7-5-6-8-16(13)20-11-12-9-14(18)17(21-4-2)15(19)10-12/h5-10,20H,3-4,11H2,1-2H3. The summed E-state index contributed by atoms with van der Waals surface area (Å²) in [5.74, 6) is 0.554. The maximum Gasteiger partial charge on any atom is 0.156 e. The fraction of sp³-hybridized carbons (Fsp3) is 0.294. The Morgan fingerprint density at radius 2 is 1.71 bits per heavy atom. The summed E-state index contributed by atoms with van der Waals surface area (Å²) in [6, 6.07) is 12.1. The molecule has 2 rings (SSSR count). The predicted octanol–water partition coefficient (Wildman–Crippen LogP) is 5.57. The minimum atomic E-state index is 0.543. The first-order valence-corrected chi connectivity index (χ1v) is 7.83. The van der Waals surface area contributed by atoms with Gasteiger partial charge in [-0.15, -0.1) is 0 Å². The van der Waals surface area contributed by atoms with E-state index in [4.69, 9.17) is 27.9 Å². The quantitative estimate of drug-likeness (QED) is 0.750. The lowest BCUT2D eigenvalue weighted by molar-refractivity contribution is 0.340. The molecular formula is C17H19Cl2NO. The molecule has 0 aliphatic carbocycles. The molecule has 4 heteroatoms. The van der Waals surface area contributed by atoms with E-state index < -0.39 is 0 Å². The number of hydrogen-bond donors (Lipinski definition) is 1. The summed E-state index contributed by atoms with van der Waals surface area (Å²) in [6.45, 7) is 5.26. The molecule has 0 aromatic heterocycles. The highest BCUT2D eigenvalue weighted by molar-refractivity contribution is 6.37. The van der Waals surface area contributed by atoms with E-state index in [9.17, 15) is 0 Å². The first-order valence-electron chi connectivity index (χ1n) is 7.08. The van der Waals surface area contributed by atoms with Crippen LogP contribution in [-0.4, -0.2) is 6.61 Å². The smallest absolute Gasteiger partial charge is 0.156 e. The Bertz CT molecular complexity index is 590. The Morgan fingerprint density at radius 3 is 2.33 bits per heavy atom. The average Bonchev–Trinajstić information content (AvgIpc) is 2.49. The van der Waals surface area contributed by atoms with Gasteiger partial charge >= 0.3 is 0 Å². The summed E-state index contributed by atoms with van der Waals surface area (Å²) >= 11 is 12.4. The van der Waals surface area contributed by atoms with Crippen molar-refractivity contribution in [3.05, 3.63) is 57.6 Å². The molecule has 2 aromatic carbocycles. The Morgan fingerprint density at radius 1 is 1.05 bits per heavy atom. The monoisotopic (exact) mass is 323 g/mol. The molecule has 0 fully saturated rings. The van der Waals surface area contributed by atoms with Crippen LogP contribution >= 0.6 is 23.2 Å². The van der Waals surface area contributed by atoms with Crippen molar-refractivity contribution in [2.24, 2.45) is 0 Å². The third-order valence-corrected chi connectivity index (χ3v) is 3.79. The van der Waals surface area contributed by atoms with Gasteiger partial charge in [0.05, 0.1) is 16.7 Å². The van der Waals surface area contributed by atoms with Crippen LogP contribution in [0.4, 0.5) is 5.69 Å². The molecule has 0 heterocycles. The van der Waals surface area contributed by atoms with Gasteiger partial charge in [0.2, 0.25) is 0 Å². The average molecular weight is 324 g/mol. The summed E-state index contributed by atoms with van der Waals surface area (Å²) in [4.78, 5) is 0. The first-order chi connectivity index (χ1) is 10.2. The van der Waals surface area contributed by atoms with Gasteiger partial charge in [-0.2, -0.15) is 0 Å². The summed E-state index contributed by atoms with van der Waals surface area (Å²) in [7, 11) is 0. The molecule has 2 nitrogen and oxygen atoms in total. The number of hydrogen-bond acceptors (Lipinski definition) is 2. The Balaban J connectivity index is 2.13. The zero-order valence-electron chi connectivity index (χ0n) is 12.2. The number of para-hydroxylation sites is 1. The van der Waals surface area contributed by atoms with Gasteiger partial charge in [0, 0.05) is 12.2 Å². The molecule has 112 valence electrons. The van der Waals surface area contributed by atoms with Crippen molar-refractivity contribution in [1.82, 2.24) is 0 Å². The number of halogens is 2. The number of benzene rings is 2. The normalized spacial score (nSPS) is 10.5. The van der Waals surface area contributed by atoms with Gasteiger partial charge in [-0.1, -0.05) is 48.3 Å². The summed E-state index contributed by atoms with van der Waals surface area (Å²) < 4.78 is 5.44. The van der Waals surface area contributed by atoms with Gasteiger partial charge in [-0.3, -0.25) is 0 Å². The van der Waals surface area contributed by atoms with Crippen molar-refractivity contribution in [2.75, 3.05) is 11.9 Å². The van der Waals surface area contributed by atoms with Gasteiger partial charge < -0.3 is 10.1 Å². The van der Waals surface area contributed by atoms with E-state index in [2.05, 4.69) is 30.4 Å². The number of aryl methyl sites for hydroxylation is 1. The molecule has 1 N–H and O–H groups in total. The van der Waals surface area contributed by atoms with Crippen LogP contribution in [0.3, 0.4) is 0 Å². The van der Waals surface area contributed by atoms with Gasteiger partial charge in [-0.05, 0) is 42.7 Å². The van der Waals surface area contributed by atoms with E-state index in [1.165, 1.54) is 5.56 Å². The van der Waals surface area contributed by atoms with Crippen LogP contribution in [0.5, 0.6) is 5.75 Å². The third kappa shape index (κ3) is 4.05. The number of ether oxygens (including phenoxy) is 1. The first kappa shape index (κ1) is 16.0. The SMILES string of the molecule is CCOc1c(Cl)cc(CNc2ccccc2CC)cc1Cl. The van der Waals surface area contributed by atoms with E-state index in [1.807, 2.05) is 25.1 Å². The molecule has 0 spiro atoms. The highest BCUT2D eigenvalue weighted by Crippen LogP contribution is 2.34. The zero-order valence-corrected chi connectivity index (χ0v) is 13.8. The van der Waals surface area contributed by atoms with Crippen LogP contribution in [0.1, 0.15) is 25.0 Å². The second-order valence-electron chi connectivity index (χ2n) is 4.69. The summed E-state index contributed by atoms with van der Waals surface area (Å²) in [5.41, 5.74) is 3.46. The second-order valence-corrected chi connectivity index (χ2v) is 5.50. The fourth-order valence-electron chi connectivity index (χ4n) is 2.20. The molecule has 0 atom stereocenters. The molecule has 0 unspecified atom stereocenters. The van der Waals surface area contributed by atoms with Gasteiger partial charge in [0.15, 0.2) is 5.75 Å². The van der Waals surface area contributed by atoms with Gasteiger partial charge in [0.25, 0.3) is 0 Å². The van der Waals surface area contributed by atoms with Crippen molar-refractivity contribution >= 4 is 28.9 Å². The highest BCUT2D eigenvalue weighted by atomic mass is 35.5. The van der Waals surface area contributed by atoms with E-state index in [0.717, 1.165) is 17.7 Å². The van der Waals surface area contributed by atoms with Crippen molar-refractivity contribution < 1.29 is 4.74 Å². The number of nitrogens with one attached hydrogen (secondary N) is 1. The van der Waals surface area contributed by atoms with Crippen molar-refractivity contribution in [2.45, 2.75) is 26.8 Å². The number of rotatable bonds is 6. The molecule has 0 radical (unpaired) electrons. The molecule has 0 amide bonds. The van der Waals surface area contributed by atoms with Gasteiger partial charge in [-0.25, -0.2) is 0 Å². The largest absolute Gasteiger partial charge is 0.491 e. The predicted molar refractivity (Wildman–Crippen MR) is 90.8 cm³/mol. The van der Waals surface area contributed by atoms with Crippen LogP contribution in [0.2, 0.25) is 10.0 Å². The Labute approximate surface area is 136 Å². The Kier molecular flexibility index (Phi) is 5.77. The van der Waals surface area contributed by atoms with Crippen molar-refractivity contribution in [1.29, 1.82) is 0 Å². The van der Waals surface area contributed by atoms with E-state index in [-0.39, 0.29) is 0 Å². The second kappa shape index (κ2) is 7.58. The van der Waals surface area contributed by atoms with E-state index in [0.29, 0.717) is 28.9 Å². The van der Waals surface area contributed by atoms with Crippen LogP contribution in [0, 0.1) is 0 Å². The van der Waals surface area contributed by atoms with Gasteiger partial charge in [0.1, 0.15) is 0 Å². The maximum absolute atomic E-state index is 6.22. The van der Waals surface area contributed by atoms with Crippen LogP contribution < -0.4 is 10.1 Å². The van der Waals surface area contributed by atoms with Crippen LogP contribution in [0.15, 0.2) is 36.4 Å². The summed E-state index contributed by atoms with van der Waals surface area (Å²) in [5, 5.41) is 4.52. The molecule has 0 aliphatic rings. The molecule has 0 saturated heterocycles. The lowest BCUT2D eigenvalue weighted by Crippen LogP contribution is -2.03. The van der Waals surface area contributed by atoms with E-state index in [1.54, 1.807) is 0 Å². The highest BCUT2D eigenvalue weighted by Gasteiger charge is 2.09. The minimum Gasteiger partial charge on any atom is -0.491 e. The maximum atomic E-state index is 6.22. The lowest BCUT2D eigenvalue weighted by atomic mass is 10.1. The molecule has 21 heavy (non-hydrogen) atoms.